The fourth-order valence-electron chi connectivity index (χ4n) is 4.82. The maximum absolute atomic E-state index is 5.02. The van der Waals surface area contributed by atoms with Crippen molar-refractivity contribution in [1.82, 2.24) is 20.0 Å². The first-order chi connectivity index (χ1) is 14.2. The van der Waals surface area contributed by atoms with Crippen LogP contribution in [0.5, 0.6) is 0 Å². The molecule has 29 heavy (non-hydrogen) atoms. The van der Waals surface area contributed by atoms with Crippen molar-refractivity contribution in [3.05, 3.63) is 35.9 Å². The number of piperidine rings is 1. The van der Waals surface area contributed by atoms with Crippen molar-refractivity contribution in [2.75, 3.05) is 66.0 Å². The molecule has 5 heteroatoms. The summed E-state index contributed by atoms with van der Waals surface area (Å²) in [6.45, 7) is 14.4. The maximum Gasteiger partial charge on any atom is 0.193 e. The van der Waals surface area contributed by atoms with E-state index < -0.39 is 0 Å². The maximum atomic E-state index is 5.02. The van der Waals surface area contributed by atoms with E-state index in [2.05, 4.69) is 71.2 Å². The quantitative estimate of drug-likeness (QED) is 0.589. The van der Waals surface area contributed by atoms with Crippen LogP contribution in [0.15, 0.2) is 35.3 Å². The summed E-state index contributed by atoms with van der Waals surface area (Å²) >= 11 is 0. The molecular weight excluding hydrogens is 358 g/mol. The molecule has 2 unspecified atom stereocenters. The standard InChI is InChI=1S/C24H41N5/c1-4-21-20-29(16-12-23(21)22-10-7-6-8-11-22)24(25-5-2)26-13-17-28-15-9-14-27(3)18-19-28/h6-8,10-11,21,23H,4-5,9,12-20H2,1-3H3,(H,25,26). The third kappa shape index (κ3) is 6.45. The minimum absolute atomic E-state index is 0.675. The number of hydrogen-bond acceptors (Lipinski definition) is 3. The third-order valence-corrected chi connectivity index (χ3v) is 6.61. The van der Waals surface area contributed by atoms with Crippen LogP contribution >= 0.6 is 0 Å². The van der Waals surface area contributed by atoms with Crippen LogP contribution in [0.3, 0.4) is 0 Å². The zero-order valence-electron chi connectivity index (χ0n) is 18.8. The van der Waals surface area contributed by atoms with Gasteiger partial charge in [-0.1, -0.05) is 43.7 Å². The molecule has 1 aromatic carbocycles. The normalized spacial score (nSPS) is 25.1. The van der Waals surface area contributed by atoms with E-state index in [1.165, 1.54) is 51.0 Å². The highest BCUT2D eigenvalue weighted by atomic mass is 15.3. The topological polar surface area (TPSA) is 34.1 Å². The summed E-state index contributed by atoms with van der Waals surface area (Å²) in [7, 11) is 2.23. The number of likely N-dealkylation sites (tertiary alicyclic amines) is 1. The van der Waals surface area contributed by atoms with E-state index in [9.17, 15) is 0 Å². The summed E-state index contributed by atoms with van der Waals surface area (Å²) in [6.07, 6.45) is 3.70. The summed E-state index contributed by atoms with van der Waals surface area (Å²) in [5.74, 6) is 2.48. The SMILES string of the molecule is CCNC(=NCCN1CCCN(C)CC1)N1CCC(c2ccccc2)C(CC)C1. The molecule has 0 spiro atoms. The van der Waals surface area contributed by atoms with Crippen LogP contribution in [-0.2, 0) is 0 Å². The monoisotopic (exact) mass is 399 g/mol. The van der Waals surface area contributed by atoms with Crippen LogP contribution in [0.4, 0.5) is 0 Å². The second kappa shape index (κ2) is 11.6. The molecule has 3 rings (SSSR count). The van der Waals surface area contributed by atoms with Gasteiger partial charge < -0.3 is 20.0 Å². The molecule has 0 aliphatic carbocycles. The number of hydrogen-bond donors (Lipinski definition) is 1. The molecule has 0 aromatic heterocycles. The van der Waals surface area contributed by atoms with Crippen LogP contribution < -0.4 is 5.32 Å². The highest BCUT2D eigenvalue weighted by molar-refractivity contribution is 5.80. The van der Waals surface area contributed by atoms with Crippen LogP contribution in [0.25, 0.3) is 0 Å². The Morgan fingerprint density at radius 2 is 1.90 bits per heavy atom. The largest absolute Gasteiger partial charge is 0.357 e. The van der Waals surface area contributed by atoms with Gasteiger partial charge >= 0.3 is 0 Å². The third-order valence-electron chi connectivity index (χ3n) is 6.61. The Labute approximate surface area is 178 Å². The minimum atomic E-state index is 0.675. The van der Waals surface area contributed by atoms with Crippen LogP contribution in [0.2, 0.25) is 0 Å². The molecule has 2 aliphatic rings. The molecule has 0 bridgehead atoms. The molecule has 2 saturated heterocycles. The van der Waals surface area contributed by atoms with Gasteiger partial charge in [0.15, 0.2) is 5.96 Å². The van der Waals surface area contributed by atoms with Gasteiger partial charge in [-0.15, -0.1) is 0 Å². The Morgan fingerprint density at radius 1 is 1.07 bits per heavy atom. The van der Waals surface area contributed by atoms with E-state index in [0.717, 1.165) is 38.7 Å². The lowest BCUT2D eigenvalue weighted by atomic mass is 9.79. The molecule has 2 atom stereocenters. The summed E-state index contributed by atoms with van der Waals surface area (Å²) in [6, 6.07) is 11.1. The lowest BCUT2D eigenvalue weighted by Gasteiger charge is -2.40. The number of likely N-dealkylation sites (N-methyl/N-ethyl adjacent to an activating group) is 1. The van der Waals surface area contributed by atoms with E-state index in [0.29, 0.717) is 11.8 Å². The van der Waals surface area contributed by atoms with Gasteiger partial charge in [0.1, 0.15) is 0 Å². The van der Waals surface area contributed by atoms with Gasteiger partial charge in [0.25, 0.3) is 0 Å². The van der Waals surface area contributed by atoms with Crippen molar-refractivity contribution < 1.29 is 0 Å². The highest BCUT2D eigenvalue weighted by Gasteiger charge is 2.30. The second-order valence-electron chi connectivity index (χ2n) is 8.65. The number of rotatable bonds is 6. The average Bonchev–Trinajstić information content (AvgIpc) is 2.97. The van der Waals surface area contributed by atoms with E-state index in [4.69, 9.17) is 4.99 Å². The zero-order valence-corrected chi connectivity index (χ0v) is 18.8. The van der Waals surface area contributed by atoms with Gasteiger partial charge in [-0.05, 0) is 57.3 Å². The summed E-state index contributed by atoms with van der Waals surface area (Å²) in [4.78, 5) is 12.5. The first-order valence-electron chi connectivity index (χ1n) is 11.7. The molecule has 1 aromatic rings. The van der Waals surface area contributed by atoms with Crippen molar-refractivity contribution in [3.63, 3.8) is 0 Å². The van der Waals surface area contributed by atoms with Gasteiger partial charge in [-0.25, -0.2) is 0 Å². The van der Waals surface area contributed by atoms with Crippen molar-refractivity contribution in [1.29, 1.82) is 0 Å². The Hall–Kier alpha value is -1.59. The molecule has 2 aliphatic heterocycles. The number of guanidine groups is 1. The number of benzene rings is 1. The molecule has 0 amide bonds. The fraction of sp³-hybridized carbons (Fsp3) is 0.708. The molecule has 2 heterocycles. The predicted molar refractivity (Wildman–Crippen MR) is 124 cm³/mol. The minimum Gasteiger partial charge on any atom is -0.357 e. The number of nitrogens with one attached hydrogen (secondary N) is 1. The Bertz CT molecular complexity index is 617. The smallest absolute Gasteiger partial charge is 0.193 e. The first-order valence-corrected chi connectivity index (χ1v) is 11.7. The van der Waals surface area contributed by atoms with E-state index >= 15 is 0 Å². The molecule has 0 radical (unpaired) electrons. The van der Waals surface area contributed by atoms with E-state index in [-0.39, 0.29) is 0 Å². The molecule has 2 fully saturated rings. The summed E-state index contributed by atoms with van der Waals surface area (Å²) in [5.41, 5.74) is 1.51. The average molecular weight is 400 g/mol. The van der Waals surface area contributed by atoms with Gasteiger partial charge in [0.2, 0.25) is 0 Å². The van der Waals surface area contributed by atoms with Gasteiger partial charge in [-0.3, -0.25) is 4.99 Å². The van der Waals surface area contributed by atoms with Crippen LogP contribution in [0.1, 0.15) is 44.6 Å². The zero-order chi connectivity index (χ0) is 20.5. The summed E-state index contributed by atoms with van der Waals surface area (Å²) < 4.78 is 0. The van der Waals surface area contributed by atoms with Gasteiger partial charge in [-0.2, -0.15) is 0 Å². The van der Waals surface area contributed by atoms with E-state index in [1.54, 1.807) is 0 Å². The Kier molecular flexibility index (Phi) is 8.81. The molecule has 1 N–H and O–H groups in total. The van der Waals surface area contributed by atoms with Crippen molar-refractivity contribution in [2.45, 2.75) is 39.0 Å². The predicted octanol–water partition coefficient (Wildman–Crippen LogP) is 3.11. The van der Waals surface area contributed by atoms with Crippen molar-refractivity contribution in [3.8, 4) is 0 Å². The molecule has 0 saturated carbocycles. The first kappa shape index (κ1) is 22.1. The molecular formula is C24H41N5. The van der Waals surface area contributed by atoms with Crippen LogP contribution in [0, 0.1) is 5.92 Å². The Morgan fingerprint density at radius 3 is 2.66 bits per heavy atom. The van der Waals surface area contributed by atoms with Gasteiger partial charge in [0, 0.05) is 39.3 Å². The lowest BCUT2D eigenvalue weighted by molar-refractivity contribution is 0.215. The van der Waals surface area contributed by atoms with Crippen molar-refractivity contribution >= 4 is 5.96 Å². The molecule has 5 nitrogen and oxygen atoms in total. The summed E-state index contributed by atoms with van der Waals surface area (Å²) in [5, 5.41) is 3.56. The van der Waals surface area contributed by atoms with E-state index in [1.807, 2.05) is 0 Å². The second-order valence-corrected chi connectivity index (χ2v) is 8.65. The van der Waals surface area contributed by atoms with Crippen LogP contribution in [-0.4, -0.2) is 86.6 Å². The Balaban J connectivity index is 1.57. The molecule has 162 valence electrons. The van der Waals surface area contributed by atoms with Crippen molar-refractivity contribution in [2.24, 2.45) is 10.9 Å². The fourth-order valence-corrected chi connectivity index (χ4v) is 4.82. The number of aliphatic imine (C=N–C) groups is 1. The lowest BCUT2D eigenvalue weighted by Crippen LogP contribution is -2.48. The van der Waals surface area contributed by atoms with Gasteiger partial charge in [0.05, 0.1) is 6.54 Å². The number of nitrogens with zero attached hydrogens (tertiary/aromatic N) is 4. The highest BCUT2D eigenvalue weighted by Crippen LogP contribution is 2.34.